The van der Waals surface area contributed by atoms with E-state index in [0.29, 0.717) is 10.9 Å². The van der Waals surface area contributed by atoms with Gasteiger partial charge in [-0.05, 0) is 59.1 Å². The molecule has 1 nitrogen and oxygen atoms in total. The van der Waals surface area contributed by atoms with Crippen LogP contribution in [0.5, 0.6) is 0 Å². The van der Waals surface area contributed by atoms with Crippen molar-refractivity contribution in [3.05, 3.63) is 71.3 Å². The van der Waals surface area contributed by atoms with Crippen molar-refractivity contribution in [2.45, 2.75) is 38.7 Å². The Morgan fingerprint density at radius 3 is 2.62 bits per heavy atom. The molecule has 2 aromatic rings. The summed E-state index contributed by atoms with van der Waals surface area (Å²) in [5.41, 5.74) is 2.96. The molecule has 3 atom stereocenters. The predicted molar refractivity (Wildman–Crippen MR) is 102 cm³/mol. The van der Waals surface area contributed by atoms with Gasteiger partial charge >= 0.3 is 0 Å². The van der Waals surface area contributed by atoms with Gasteiger partial charge in [0, 0.05) is 5.02 Å². The summed E-state index contributed by atoms with van der Waals surface area (Å²) in [6.07, 6.45) is 3.05. The van der Waals surface area contributed by atoms with Crippen LogP contribution >= 0.6 is 11.6 Å². The van der Waals surface area contributed by atoms with Gasteiger partial charge in [-0.25, -0.2) is 0 Å². The normalized spacial score (nSPS) is 27.2. The molecule has 0 aliphatic heterocycles. The molecule has 2 heteroatoms. The third kappa shape index (κ3) is 2.92. The summed E-state index contributed by atoms with van der Waals surface area (Å²) >= 11 is 6.18. The summed E-state index contributed by atoms with van der Waals surface area (Å²) in [6, 6.07) is 15.9. The Bertz CT molecular complexity index is 751. The maximum atomic E-state index is 11.7. The SMILES string of the molecule is C=C1CC(CC)CC(C)C1(O)c1ccccc1-c1cccc(Cl)c1. The average molecular weight is 341 g/mol. The Kier molecular flexibility index (Phi) is 4.85. The van der Waals surface area contributed by atoms with E-state index in [1.54, 1.807) is 0 Å². The Balaban J connectivity index is 2.11. The maximum Gasteiger partial charge on any atom is 0.114 e. The van der Waals surface area contributed by atoms with Crippen LogP contribution in [0.2, 0.25) is 5.02 Å². The van der Waals surface area contributed by atoms with Crippen LogP contribution in [-0.4, -0.2) is 5.11 Å². The van der Waals surface area contributed by atoms with Crippen molar-refractivity contribution in [1.29, 1.82) is 0 Å². The molecule has 0 bridgehead atoms. The first-order chi connectivity index (χ1) is 11.5. The molecular weight excluding hydrogens is 316 g/mol. The van der Waals surface area contributed by atoms with E-state index in [-0.39, 0.29) is 5.92 Å². The fourth-order valence-electron chi connectivity index (χ4n) is 4.10. The lowest BCUT2D eigenvalue weighted by molar-refractivity contribution is -0.0128. The molecule has 24 heavy (non-hydrogen) atoms. The molecule has 0 saturated heterocycles. The lowest BCUT2D eigenvalue weighted by Gasteiger charge is -2.44. The highest BCUT2D eigenvalue weighted by molar-refractivity contribution is 6.30. The lowest BCUT2D eigenvalue weighted by Crippen LogP contribution is -2.41. The third-order valence-electron chi connectivity index (χ3n) is 5.52. The van der Waals surface area contributed by atoms with E-state index in [0.717, 1.165) is 41.5 Å². The van der Waals surface area contributed by atoms with Crippen molar-refractivity contribution in [3.8, 4) is 11.1 Å². The first-order valence-electron chi connectivity index (χ1n) is 8.72. The summed E-state index contributed by atoms with van der Waals surface area (Å²) in [7, 11) is 0. The zero-order valence-corrected chi connectivity index (χ0v) is 15.2. The molecule has 3 unspecified atom stereocenters. The van der Waals surface area contributed by atoms with Gasteiger partial charge in [-0.2, -0.15) is 0 Å². The second-order valence-corrected chi connectivity index (χ2v) is 7.48. The summed E-state index contributed by atoms with van der Waals surface area (Å²) in [5.74, 6) is 0.759. The Morgan fingerprint density at radius 2 is 1.96 bits per heavy atom. The van der Waals surface area contributed by atoms with Crippen molar-refractivity contribution in [2.24, 2.45) is 11.8 Å². The molecule has 1 aliphatic carbocycles. The van der Waals surface area contributed by atoms with Crippen LogP contribution in [0.1, 0.15) is 38.7 Å². The molecule has 1 aliphatic rings. The maximum absolute atomic E-state index is 11.7. The first kappa shape index (κ1) is 17.3. The Labute approximate surface area is 150 Å². The summed E-state index contributed by atoms with van der Waals surface area (Å²) < 4.78 is 0. The summed E-state index contributed by atoms with van der Waals surface area (Å²) in [5, 5.41) is 12.4. The average Bonchev–Trinajstić information content (AvgIpc) is 2.59. The Morgan fingerprint density at radius 1 is 1.21 bits per heavy atom. The minimum atomic E-state index is -0.982. The van der Waals surface area contributed by atoms with Crippen LogP contribution in [0.15, 0.2) is 60.7 Å². The van der Waals surface area contributed by atoms with E-state index in [9.17, 15) is 5.11 Å². The van der Waals surface area contributed by atoms with Gasteiger partial charge in [0.2, 0.25) is 0 Å². The van der Waals surface area contributed by atoms with Crippen molar-refractivity contribution >= 4 is 11.6 Å². The predicted octanol–water partition coefficient (Wildman–Crippen LogP) is 6.21. The highest BCUT2D eigenvalue weighted by Gasteiger charge is 2.44. The van der Waals surface area contributed by atoms with E-state index in [2.05, 4.69) is 26.5 Å². The molecule has 2 aromatic carbocycles. The second kappa shape index (κ2) is 6.74. The zero-order valence-electron chi connectivity index (χ0n) is 14.4. The van der Waals surface area contributed by atoms with Gasteiger partial charge < -0.3 is 5.11 Å². The molecule has 1 saturated carbocycles. The van der Waals surface area contributed by atoms with Crippen LogP contribution < -0.4 is 0 Å². The standard InChI is InChI=1S/C22H25ClO/c1-4-17-12-15(2)22(24,16(3)13-17)21-11-6-5-10-20(21)18-8-7-9-19(23)14-18/h5-11,14,16-17,24H,2,4,12-13H2,1,3H3. The second-order valence-electron chi connectivity index (χ2n) is 7.04. The highest BCUT2D eigenvalue weighted by atomic mass is 35.5. The molecular formula is C22H25ClO. The summed E-state index contributed by atoms with van der Waals surface area (Å²) in [4.78, 5) is 0. The van der Waals surface area contributed by atoms with Gasteiger partial charge in [-0.1, -0.05) is 74.8 Å². The first-order valence-corrected chi connectivity index (χ1v) is 9.10. The number of benzene rings is 2. The third-order valence-corrected chi connectivity index (χ3v) is 5.76. The van der Waals surface area contributed by atoms with E-state index < -0.39 is 5.60 Å². The number of hydrogen-bond acceptors (Lipinski definition) is 1. The van der Waals surface area contributed by atoms with Crippen LogP contribution in [-0.2, 0) is 5.60 Å². The fourth-order valence-corrected chi connectivity index (χ4v) is 4.29. The minimum Gasteiger partial charge on any atom is -0.380 e. The van der Waals surface area contributed by atoms with Gasteiger partial charge in [0.15, 0.2) is 0 Å². The molecule has 126 valence electrons. The van der Waals surface area contributed by atoms with Crippen molar-refractivity contribution < 1.29 is 5.11 Å². The van der Waals surface area contributed by atoms with E-state index in [1.807, 2.05) is 42.5 Å². The molecule has 0 aromatic heterocycles. The topological polar surface area (TPSA) is 20.2 Å². The molecule has 0 radical (unpaired) electrons. The van der Waals surface area contributed by atoms with E-state index in [1.165, 1.54) is 0 Å². The van der Waals surface area contributed by atoms with Crippen molar-refractivity contribution in [3.63, 3.8) is 0 Å². The van der Waals surface area contributed by atoms with Gasteiger partial charge in [0.25, 0.3) is 0 Å². The molecule has 0 spiro atoms. The van der Waals surface area contributed by atoms with Crippen molar-refractivity contribution in [1.82, 2.24) is 0 Å². The van der Waals surface area contributed by atoms with Crippen LogP contribution in [0, 0.1) is 11.8 Å². The smallest absolute Gasteiger partial charge is 0.114 e. The Hall–Kier alpha value is -1.57. The molecule has 1 fully saturated rings. The van der Waals surface area contributed by atoms with Gasteiger partial charge in [-0.3, -0.25) is 0 Å². The molecule has 0 heterocycles. The number of rotatable bonds is 3. The lowest BCUT2D eigenvalue weighted by atomic mass is 9.64. The van der Waals surface area contributed by atoms with Crippen LogP contribution in [0.4, 0.5) is 0 Å². The largest absolute Gasteiger partial charge is 0.380 e. The number of halogens is 1. The highest BCUT2D eigenvalue weighted by Crippen LogP contribution is 2.49. The van der Waals surface area contributed by atoms with Gasteiger partial charge in [0.1, 0.15) is 5.60 Å². The summed E-state index contributed by atoms with van der Waals surface area (Å²) in [6.45, 7) is 8.63. The fraction of sp³-hybridized carbons (Fsp3) is 0.364. The van der Waals surface area contributed by atoms with E-state index >= 15 is 0 Å². The number of aliphatic hydroxyl groups is 1. The van der Waals surface area contributed by atoms with Crippen LogP contribution in [0.25, 0.3) is 11.1 Å². The van der Waals surface area contributed by atoms with E-state index in [4.69, 9.17) is 11.6 Å². The molecule has 1 N–H and O–H groups in total. The van der Waals surface area contributed by atoms with Crippen molar-refractivity contribution in [2.75, 3.05) is 0 Å². The zero-order chi connectivity index (χ0) is 17.3. The minimum absolute atomic E-state index is 0.143. The monoisotopic (exact) mass is 340 g/mol. The molecule has 0 amide bonds. The van der Waals surface area contributed by atoms with Crippen LogP contribution in [0.3, 0.4) is 0 Å². The van der Waals surface area contributed by atoms with Gasteiger partial charge in [0.05, 0.1) is 0 Å². The quantitative estimate of drug-likeness (QED) is 0.659. The molecule has 3 rings (SSSR count). The van der Waals surface area contributed by atoms with Gasteiger partial charge in [-0.15, -0.1) is 0 Å². The number of hydrogen-bond donors (Lipinski definition) is 1.